The standard InChI is InChI=1S/C20H13N3/c1-2-14-6-5-9-17(10-14)23-20-18-11-15-7-3-4-8-16(15)12-19(18)21-13-22-20/h1,3-13H,(H,21,22,23). The molecular formula is C20H13N3. The number of fused-ring (bicyclic) bond motifs is 2. The zero-order valence-corrected chi connectivity index (χ0v) is 12.3. The highest BCUT2D eigenvalue weighted by molar-refractivity contribution is 6.01. The summed E-state index contributed by atoms with van der Waals surface area (Å²) in [6.07, 6.45) is 7.04. The van der Waals surface area contributed by atoms with Crippen molar-refractivity contribution in [1.29, 1.82) is 0 Å². The average Bonchev–Trinajstić information content (AvgIpc) is 2.60. The predicted molar refractivity (Wildman–Crippen MR) is 94.7 cm³/mol. The number of nitrogens with zero attached hydrogens (tertiary/aromatic N) is 2. The SMILES string of the molecule is C#Cc1cccc(Nc2ncnc3cc4ccccc4cc23)c1. The van der Waals surface area contributed by atoms with Crippen molar-refractivity contribution in [3.8, 4) is 12.3 Å². The Bertz CT molecular complexity index is 1060. The van der Waals surface area contributed by atoms with E-state index in [0.717, 1.165) is 33.4 Å². The molecule has 0 atom stereocenters. The van der Waals surface area contributed by atoms with E-state index in [0.29, 0.717) is 0 Å². The Morgan fingerprint density at radius 3 is 2.52 bits per heavy atom. The Morgan fingerprint density at radius 2 is 1.70 bits per heavy atom. The molecule has 0 aliphatic carbocycles. The number of nitrogens with one attached hydrogen (secondary N) is 1. The highest BCUT2D eigenvalue weighted by Crippen LogP contribution is 2.27. The minimum Gasteiger partial charge on any atom is -0.340 e. The second-order valence-electron chi connectivity index (χ2n) is 5.29. The maximum atomic E-state index is 5.46. The molecule has 1 heterocycles. The molecule has 0 unspecified atom stereocenters. The van der Waals surface area contributed by atoms with E-state index in [4.69, 9.17) is 6.42 Å². The van der Waals surface area contributed by atoms with Crippen LogP contribution in [0.2, 0.25) is 0 Å². The number of aromatic nitrogens is 2. The van der Waals surface area contributed by atoms with Gasteiger partial charge in [-0.15, -0.1) is 6.42 Å². The van der Waals surface area contributed by atoms with Crippen molar-refractivity contribution in [2.24, 2.45) is 0 Å². The second-order valence-corrected chi connectivity index (χ2v) is 5.29. The third-order valence-electron chi connectivity index (χ3n) is 3.79. The van der Waals surface area contributed by atoms with Gasteiger partial charge in [0.2, 0.25) is 0 Å². The van der Waals surface area contributed by atoms with Crippen molar-refractivity contribution in [3.63, 3.8) is 0 Å². The summed E-state index contributed by atoms with van der Waals surface area (Å²) in [5.74, 6) is 3.41. The molecule has 3 nitrogen and oxygen atoms in total. The number of rotatable bonds is 2. The van der Waals surface area contributed by atoms with Crippen molar-refractivity contribution in [1.82, 2.24) is 9.97 Å². The molecule has 1 N–H and O–H groups in total. The van der Waals surface area contributed by atoms with E-state index in [9.17, 15) is 0 Å². The third-order valence-corrected chi connectivity index (χ3v) is 3.79. The number of benzene rings is 3. The molecular weight excluding hydrogens is 282 g/mol. The van der Waals surface area contributed by atoms with Crippen molar-refractivity contribution in [3.05, 3.63) is 72.6 Å². The summed E-state index contributed by atoms with van der Waals surface area (Å²) in [6.45, 7) is 0. The maximum Gasteiger partial charge on any atom is 0.141 e. The number of terminal acetylenes is 1. The minimum absolute atomic E-state index is 0.773. The molecule has 23 heavy (non-hydrogen) atoms. The van der Waals surface area contributed by atoms with Crippen LogP contribution in [0.1, 0.15) is 5.56 Å². The molecule has 0 fully saturated rings. The third kappa shape index (κ3) is 2.47. The smallest absolute Gasteiger partial charge is 0.141 e. The van der Waals surface area contributed by atoms with Gasteiger partial charge in [0.05, 0.1) is 5.52 Å². The van der Waals surface area contributed by atoms with Crippen molar-refractivity contribution >= 4 is 33.2 Å². The molecule has 4 aromatic rings. The zero-order chi connectivity index (χ0) is 15.6. The fourth-order valence-corrected chi connectivity index (χ4v) is 2.67. The van der Waals surface area contributed by atoms with E-state index in [1.54, 1.807) is 6.33 Å². The zero-order valence-electron chi connectivity index (χ0n) is 12.3. The van der Waals surface area contributed by atoms with Crippen LogP contribution in [0.4, 0.5) is 11.5 Å². The Balaban J connectivity index is 1.86. The molecule has 4 rings (SSSR count). The van der Waals surface area contributed by atoms with Crippen LogP contribution >= 0.6 is 0 Å². The largest absolute Gasteiger partial charge is 0.340 e. The van der Waals surface area contributed by atoms with E-state index in [1.165, 1.54) is 5.39 Å². The van der Waals surface area contributed by atoms with Crippen molar-refractivity contribution in [2.45, 2.75) is 0 Å². The molecule has 0 saturated carbocycles. The average molecular weight is 295 g/mol. The lowest BCUT2D eigenvalue weighted by Gasteiger charge is -2.09. The van der Waals surface area contributed by atoms with E-state index < -0.39 is 0 Å². The Labute approximate surface area is 134 Å². The molecule has 0 spiro atoms. The topological polar surface area (TPSA) is 37.8 Å². The van der Waals surface area contributed by atoms with Crippen LogP contribution in [0.5, 0.6) is 0 Å². The first-order valence-corrected chi connectivity index (χ1v) is 7.31. The van der Waals surface area contributed by atoms with Crippen LogP contribution < -0.4 is 5.32 Å². The van der Waals surface area contributed by atoms with Crippen LogP contribution in [-0.4, -0.2) is 9.97 Å². The van der Waals surface area contributed by atoms with Gasteiger partial charge in [-0.25, -0.2) is 9.97 Å². The summed E-state index contributed by atoms with van der Waals surface area (Å²) in [4.78, 5) is 8.77. The number of hydrogen-bond acceptors (Lipinski definition) is 3. The van der Waals surface area contributed by atoms with Crippen molar-refractivity contribution < 1.29 is 0 Å². The highest BCUT2D eigenvalue weighted by atomic mass is 15.0. The van der Waals surface area contributed by atoms with Gasteiger partial charge in [0.15, 0.2) is 0 Å². The van der Waals surface area contributed by atoms with Gasteiger partial charge in [0.25, 0.3) is 0 Å². The normalized spacial score (nSPS) is 10.6. The van der Waals surface area contributed by atoms with Gasteiger partial charge in [0.1, 0.15) is 12.1 Å². The molecule has 3 aromatic carbocycles. The molecule has 108 valence electrons. The first kappa shape index (κ1) is 13.3. The lowest BCUT2D eigenvalue weighted by molar-refractivity contribution is 1.22. The van der Waals surface area contributed by atoms with Gasteiger partial charge in [0, 0.05) is 16.6 Å². The second kappa shape index (κ2) is 5.43. The van der Waals surface area contributed by atoms with E-state index in [2.05, 4.69) is 45.5 Å². The fourth-order valence-electron chi connectivity index (χ4n) is 2.67. The summed E-state index contributed by atoms with van der Waals surface area (Å²) in [6, 6.07) is 20.1. The van der Waals surface area contributed by atoms with Crippen LogP contribution in [-0.2, 0) is 0 Å². The molecule has 0 aliphatic heterocycles. The predicted octanol–water partition coefficient (Wildman–Crippen LogP) is 4.51. The Kier molecular flexibility index (Phi) is 3.14. The van der Waals surface area contributed by atoms with Gasteiger partial charge < -0.3 is 5.32 Å². The fraction of sp³-hybridized carbons (Fsp3) is 0. The Morgan fingerprint density at radius 1 is 0.870 bits per heavy atom. The van der Waals surface area contributed by atoms with Gasteiger partial charge in [-0.3, -0.25) is 0 Å². The molecule has 0 radical (unpaired) electrons. The summed E-state index contributed by atoms with van der Waals surface area (Å²) in [5, 5.41) is 6.65. The molecule has 0 amide bonds. The van der Waals surface area contributed by atoms with Gasteiger partial charge in [-0.05, 0) is 41.1 Å². The summed E-state index contributed by atoms with van der Waals surface area (Å²) in [7, 11) is 0. The quantitative estimate of drug-likeness (QED) is 0.437. The van der Waals surface area contributed by atoms with Gasteiger partial charge in [-0.2, -0.15) is 0 Å². The highest BCUT2D eigenvalue weighted by Gasteiger charge is 2.06. The van der Waals surface area contributed by atoms with Gasteiger partial charge >= 0.3 is 0 Å². The van der Waals surface area contributed by atoms with Crippen LogP contribution in [0.3, 0.4) is 0 Å². The van der Waals surface area contributed by atoms with Crippen LogP contribution in [0.15, 0.2) is 67.0 Å². The number of hydrogen-bond donors (Lipinski definition) is 1. The van der Waals surface area contributed by atoms with E-state index in [1.807, 2.05) is 36.4 Å². The monoisotopic (exact) mass is 295 g/mol. The maximum absolute atomic E-state index is 5.46. The molecule has 0 bridgehead atoms. The first-order valence-electron chi connectivity index (χ1n) is 7.31. The van der Waals surface area contributed by atoms with Crippen molar-refractivity contribution in [2.75, 3.05) is 5.32 Å². The van der Waals surface area contributed by atoms with Gasteiger partial charge in [-0.1, -0.05) is 36.3 Å². The number of anilines is 2. The lowest BCUT2D eigenvalue weighted by atomic mass is 10.1. The summed E-state index contributed by atoms with van der Waals surface area (Å²) in [5.41, 5.74) is 2.65. The summed E-state index contributed by atoms with van der Waals surface area (Å²) < 4.78 is 0. The molecule has 0 saturated heterocycles. The molecule has 3 heteroatoms. The van der Waals surface area contributed by atoms with E-state index >= 15 is 0 Å². The lowest BCUT2D eigenvalue weighted by Crippen LogP contribution is -1.96. The minimum atomic E-state index is 0.773. The van der Waals surface area contributed by atoms with Crippen LogP contribution in [0.25, 0.3) is 21.7 Å². The molecule has 0 aliphatic rings. The van der Waals surface area contributed by atoms with E-state index in [-0.39, 0.29) is 0 Å². The Hall–Kier alpha value is -3.38. The van der Waals surface area contributed by atoms with Crippen LogP contribution in [0, 0.1) is 12.3 Å². The molecule has 1 aromatic heterocycles. The first-order chi connectivity index (χ1) is 11.3. The summed E-state index contributed by atoms with van der Waals surface area (Å²) >= 11 is 0.